The van der Waals surface area contributed by atoms with Crippen LogP contribution in [0.25, 0.3) is 0 Å². The first-order chi connectivity index (χ1) is 6.83. The Labute approximate surface area is 81.9 Å². The van der Waals surface area contributed by atoms with Crippen molar-refractivity contribution >= 4 is 5.97 Å². The zero-order valence-electron chi connectivity index (χ0n) is 7.60. The average Bonchev–Trinajstić information content (AvgIpc) is 2.54. The summed E-state index contributed by atoms with van der Waals surface area (Å²) in [6.45, 7) is 3.90. The predicted molar refractivity (Wildman–Crippen MR) is 50.7 cm³/mol. The van der Waals surface area contributed by atoms with Crippen molar-refractivity contribution in [2.45, 2.75) is 6.29 Å². The highest BCUT2D eigenvalue weighted by molar-refractivity contribution is 5.93. The molecule has 0 saturated carbocycles. The summed E-state index contributed by atoms with van der Waals surface area (Å²) >= 11 is 0. The Bertz CT molecular complexity index is 371. The van der Waals surface area contributed by atoms with Crippen LogP contribution >= 0.6 is 0 Å². The van der Waals surface area contributed by atoms with Crippen LogP contribution in [0.3, 0.4) is 0 Å². The van der Waals surface area contributed by atoms with Gasteiger partial charge in [0.05, 0.1) is 12.2 Å². The third kappa shape index (κ3) is 1.42. The van der Waals surface area contributed by atoms with Crippen LogP contribution in [0.2, 0.25) is 0 Å². The molecule has 3 heteroatoms. The van der Waals surface area contributed by atoms with Gasteiger partial charge in [0.15, 0.2) is 0 Å². The molecule has 72 valence electrons. The van der Waals surface area contributed by atoms with Gasteiger partial charge in [0, 0.05) is 5.56 Å². The molecule has 1 aromatic carbocycles. The van der Waals surface area contributed by atoms with Crippen molar-refractivity contribution < 1.29 is 14.3 Å². The Balaban J connectivity index is 2.25. The van der Waals surface area contributed by atoms with E-state index in [9.17, 15) is 4.79 Å². The lowest BCUT2D eigenvalue weighted by Crippen LogP contribution is -2.03. The van der Waals surface area contributed by atoms with E-state index >= 15 is 0 Å². The second-order valence-electron chi connectivity index (χ2n) is 2.95. The first-order valence-corrected chi connectivity index (χ1v) is 4.35. The molecule has 1 aliphatic rings. The topological polar surface area (TPSA) is 35.5 Å². The number of fused-ring (bicyclic) bond motifs is 1. The van der Waals surface area contributed by atoms with Crippen molar-refractivity contribution in [3.8, 4) is 0 Å². The number of rotatable bonds is 3. The highest BCUT2D eigenvalue weighted by atomic mass is 16.7. The molecular weight excluding hydrogens is 180 g/mol. The quantitative estimate of drug-likeness (QED) is 0.540. The molecule has 3 nitrogen and oxygen atoms in total. The molecule has 0 spiro atoms. The van der Waals surface area contributed by atoms with Gasteiger partial charge in [0.1, 0.15) is 0 Å². The molecule has 1 atom stereocenters. The molecule has 0 N–H and O–H groups in total. The molecule has 1 unspecified atom stereocenters. The maximum Gasteiger partial charge on any atom is 0.341 e. The molecule has 1 aliphatic heterocycles. The van der Waals surface area contributed by atoms with E-state index in [0.29, 0.717) is 12.2 Å². The summed E-state index contributed by atoms with van der Waals surface area (Å²) < 4.78 is 10.3. The van der Waals surface area contributed by atoms with Crippen molar-refractivity contribution in [1.29, 1.82) is 0 Å². The van der Waals surface area contributed by atoms with Crippen molar-refractivity contribution in [3.05, 3.63) is 48.0 Å². The first kappa shape index (κ1) is 8.97. The lowest BCUT2D eigenvalue weighted by Gasteiger charge is -2.09. The highest BCUT2D eigenvalue weighted by Gasteiger charge is 2.30. The summed E-state index contributed by atoms with van der Waals surface area (Å²) in [4.78, 5) is 11.3. The summed E-state index contributed by atoms with van der Waals surface area (Å²) in [6, 6.07) is 7.21. The number of carbonyl (C=O) groups is 1. The van der Waals surface area contributed by atoms with Gasteiger partial charge in [-0.05, 0) is 6.07 Å². The van der Waals surface area contributed by atoms with Crippen molar-refractivity contribution in [1.82, 2.24) is 0 Å². The van der Waals surface area contributed by atoms with Crippen LogP contribution in [0, 0.1) is 0 Å². The zero-order chi connectivity index (χ0) is 9.97. The fraction of sp³-hybridized carbons (Fsp3) is 0.182. The maximum atomic E-state index is 11.3. The van der Waals surface area contributed by atoms with Gasteiger partial charge in [-0.2, -0.15) is 0 Å². The smallest absolute Gasteiger partial charge is 0.341 e. The molecule has 14 heavy (non-hydrogen) atoms. The number of hydrogen-bond donors (Lipinski definition) is 0. The Morgan fingerprint density at radius 1 is 1.50 bits per heavy atom. The van der Waals surface area contributed by atoms with Gasteiger partial charge in [0.2, 0.25) is 6.29 Å². The van der Waals surface area contributed by atoms with E-state index in [0.717, 1.165) is 5.56 Å². The lowest BCUT2D eigenvalue weighted by atomic mass is 10.1. The Morgan fingerprint density at radius 3 is 3.07 bits per heavy atom. The molecule has 0 radical (unpaired) electrons. The van der Waals surface area contributed by atoms with Crippen LogP contribution in [0.5, 0.6) is 0 Å². The van der Waals surface area contributed by atoms with Gasteiger partial charge in [-0.25, -0.2) is 4.79 Å². The van der Waals surface area contributed by atoms with Crippen LogP contribution in [0.1, 0.15) is 22.2 Å². The van der Waals surface area contributed by atoms with Crippen molar-refractivity contribution in [2.24, 2.45) is 0 Å². The van der Waals surface area contributed by atoms with Gasteiger partial charge in [0.25, 0.3) is 0 Å². The minimum absolute atomic E-state index is 0.324. The fourth-order valence-corrected chi connectivity index (χ4v) is 1.39. The van der Waals surface area contributed by atoms with Crippen LogP contribution in [-0.4, -0.2) is 12.6 Å². The Kier molecular flexibility index (Phi) is 2.33. The van der Waals surface area contributed by atoms with E-state index in [1.807, 2.05) is 12.1 Å². The highest BCUT2D eigenvalue weighted by Crippen LogP contribution is 2.30. The number of carbonyl (C=O) groups excluding carboxylic acids is 1. The second-order valence-corrected chi connectivity index (χ2v) is 2.95. The lowest BCUT2D eigenvalue weighted by molar-refractivity contribution is -0.0942. The molecule has 2 rings (SSSR count). The molecule has 1 heterocycles. The number of benzene rings is 1. The number of hydrogen-bond acceptors (Lipinski definition) is 3. The zero-order valence-corrected chi connectivity index (χ0v) is 7.60. The molecule has 0 saturated heterocycles. The van der Waals surface area contributed by atoms with Gasteiger partial charge < -0.3 is 9.47 Å². The molecule has 0 aromatic heterocycles. The van der Waals surface area contributed by atoms with Gasteiger partial charge in [-0.15, -0.1) is 6.58 Å². The largest absolute Gasteiger partial charge is 0.428 e. The van der Waals surface area contributed by atoms with E-state index < -0.39 is 6.29 Å². The van der Waals surface area contributed by atoms with E-state index in [1.54, 1.807) is 18.2 Å². The van der Waals surface area contributed by atoms with Gasteiger partial charge in [-0.3, -0.25) is 0 Å². The molecule has 0 fully saturated rings. The summed E-state index contributed by atoms with van der Waals surface area (Å²) in [7, 11) is 0. The van der Waals surface area contributed by atoms with Crippen LogP contribution in [-0.2, 0) is 9.47 Å². The van der Waals surface area contributed by atoms with Gasteiger partial charge in [-0.1, -0.05) is 24.3 Å². The van der Waals surface area contributed by atoms with E-state index in [1.165, 1.54) is 0 Å². The standard InChI is InChI=1S/C11H10O3/c1-2-7-13-11-9-6-4-3-5-8(9)10(12)14-11/h2-6,11H,1,7H2. The monoisotopic (exact) mass is 190 g/mol. The van der Waals surface area contributed by atoms with Crippen LogP contribution < -0.4 is 0 Å². The third-order valence-electron chi connectivity index (χ3n) is 2.01. The van der Waals surface area contributed by atoms with Gasteiger partial charge >= 0.3 is 5.97 Å². The minimum Gasteiger partial charge on any atom is -0.428 e. The predicted octanol–water partition coefficient (Wildman–Crippen LogP) is 2.06. The molecule has 0 aliphatic carbocycles. The van der Waals surface area contributed by atoms with Crippen molar-refractivity contribution in [2.75, 3.05) is 6.61 Å². The average molecular weight is 190 g/mol. The first-order valence-electron chi connectivity index (χ1n) is 4.35. The fourth-order valence-electron chi connectivity index (χ4n) is 1.39. The SMILES string of the molecule is C=CCOC1OC(=O)c2ccccc21. The van der Waals surface area contributed by atoms with E-state index in [4.69, 9.17) is 9.47 Å². The molecular formula is C11H10O3. The van der Waals surface area contributed by atoms with E-state index in [2.05, 4.69) is 6.58 Å². The van der Waals surface area contributed by atoms with Crippen LogP contribution in [0.15, 0.2) is 36.9 Å². The minimum atomic E-state index is -0.573. The Hall–Kier alpha value is -1.61. The number of esters is 1. The molecule has 0 bridgehead atoms. The molecule has 1 aromatic rings. The number of ether oxygens (including phenoxy) is 2. The normalized spacial score (nSPS) is 18.9. The number of cyclic esters (lactones) is 1. The second kappa shape index (κ2) is 3.64. The third-order valence-corrected chi connectivity index (χ3v) is 2.01. The summed E-state index contributed by atoms with van der Waals surface area (Å²) in [5, 5.41) is 0. The summed E-state index contributed by atoms with van der Waals surface area (Å²) in [6.07, 6.45) is 1.05. The summed E-state index contributed by atoms with van der Waals surface area (Å²) in [5.41, 5.74) is 1.38. The van der Waals surface area contributed by atoms with E-state index in [-0.39, 0.29) is 5.97 Å². The Morgan fingerprint density at radius 2 is 2.29 bits per heavy atom. The maximum absolute atomic E-state index is 11.3. The van der Waals surface area contributed by atoms with Crippen molar-refractivity contribution in [3.63, 3.8) is 0 Å². The van der Waals surface area contributed by atoms with Crippen LogP contribution in [0.4, 0.5) is 0 Å². The summed E-state index contributed by atoms with van der Waals surface area (Å²) in [5.74, 6) is -0.324. The molecule has 0 amide bonds.